The second-order valence-electron chi connectivity index (χ2n) is 4.61. The van der Waals surface area contributed by atoms with Crippen LogP contribution in [0.1, 0.15) is 24.3 Å². The van der Waals surface area contributed by atoms with Gasteiger partial charge in [-0.15, -0.1) is 0 Å². The summed E-state index contributed by atoms with van der Waals surface area (Å²) in [6.45, 7) is 0. The van der Waals surface area contributed by atoms with Crippen molar-refractivity contribution in [3.05, 3.63) is 60.2 Å². The van der Waals surface area contributed by atoms with Gasteiger partial charge in [-0.05, 0) is 30.2 Å². The Morgan fingerprint density at radius 1 is 0.800 bits per heavy atom. The van der Waals surface area contributed by atoms with E-state index in [-0.39, 0.29) is 0 Å². The zero-order valence-corrected chi connectivity index (χ0v) is 8.84. The molecule has 4 rings (SSSR count). The first-order valence-electron chi connectivity index (χ1n) is 5.85. The van der Waals surface area contributed by atoms with E-state index in [0.717, 1.165) is 5.92 Å². The van der Waals surface area contributed by atoms with Gasteiger partial charge in [-0.3, -0.25) is 0 Å². The van der Waals surface area contributed by atoms with Crippen LogP contribution in [0.3, 0.4) is 0 Å². The minimum atomic E-state index is 0.606. The third-order valence-corrected chi connectivity index (χ3v) is 3.65. The second kappa shape index (κ2) is 3.69. The lowest BCUT2D eigenvalue weighted by molar-refractivity contribution is 0.485. The highest BCUT2D eigenvalue weighted by Gasteiger charge is 2.25. The quantitative estimate of drug-likeness (QED) is 0.597. The van der Waals surface area contributed by atoms with Crippen molar-refractivity contribution in [2.75, 3.05) is 0 Å². The Bertz CT molecular complexity index is 386. The van der Waals surface area contributed by atoms with Crippen LogP contribution in [-0.2, 0) is 0 Å². The van der Waals surface area contributed by atoms with Gasteiger partial charge in [0.05, 0.1) is 0 Å². The molecule has 0 amide bonds. The second-order valence-corrected chi connectivity index (χ2v) is 4.61. The number of hydrogen-bond acceptors (Lipinski definition) is 0. The summed E-state index contributed by atoms with van der Waals surface area (Å²) < 4.78 is 0. The third kappa shape index (κ3) is 1.65. The average Bonchev–Trinajstić information content (AvgIpc) is 2.63. The molecule has 0 fully saturated rings. The Kier molecular flexibility index (Phi) is 2.21. The molecule has 0 heterocycles. The summed E-state index contributed by atoms with van der Waals surface area (Å²) in [5.74, 6) is 2.03. The minimum absolute atomic E-state index is 0.606. The zero-order valence-electron chi connectivity index (χ0n) is 8.84. The summed E-state index contributed by atoms with van der Waals surface area (Å²) in [4.78, 5) is 0. The fourth-order valence-electron chi connectivity index (χ4n) is 2.76. The monoisotopic (exact) mass is 196 g/mol. The van der Waals surface area contributed by atoms with Crippen LogP contribution in [0.4, 0.5) is 0 Å². The van der Waals surface area contributed by atoms with Crippen molar-refractivity contribution in [1.29, 1.82) is 0 Å². The molecule has 0 radical (unpaired) electrons. The molecule has 0 saturated heterocycles. The summed E-state index contributed by atoms with van der Waals surface area (Å²) in [6.07, 6.45) is 12.3. The highest BCUT2D eigenvalue weighted by atomic mass is 14.3. The molecule has 3 aliphatic carbocycles. The Morgan fingerprint density at radius 3 is 2.33 bits per heavy atom. The Morgan fingerprint density at radius 2 is 1.60 bits per heavy atom. The molecule has 0 spiro atoms. The van der Waals surface area contributed by atoms with Gasteiger partial charge in [0.1, 0.15) is 0 Å². The van der Waals surface area contributed by atoms with Crippen LogP contribution < -0.4 is 0 Å². The molecule has 15 heavy (non-hydrogen) atoms. The van der Waals surface area contributed by atoms with Gasteiger partial charge in [0.2, 0.25) is 0 Å². The van der Waals surface area contributed by atoms with Crippen molar-refractivity contribution in [1.82, 2.24) is 0 Å². The van der Waals surface area contributed by atoms with Gasteiger partial charge in [-0.2, -0.15) is 0 Å². The van der Waals surface area contributed by atoms with E-state index < -0.39 is 0 Å². The lowest BCUT2D eigenvalue weighted by Gasteiger charge is -2.23. The van der Waals surface area contributed by atoms with Gasteiger partial charge in [0, 0.05) is 5.92 Å². The van der Waals surface area contributed by atoms with E-state index in [1.54, 1.807) is 0 Å². The number of fused-ring (bicyclic) bond motifs is 2. The Labute approximate surface area is 91.3 Å². The first-order chi connectivity index (χ1) is 7.43. The summed E-state index contributed by atoms with van der Waals surface area (Å²) >= 11 is 0. The molecule has 0 heteroatoms. The molecule has 3 atom stereocenters. The number of hydrogen-bond donors (Lipinski definition) is 0. The Balaban J connectivity index is 1.97. The van der Waals surface area contributed by atoms with Crippen molar-refractivity contribution in [2.24, 2.45) is 11.8 Å². The number of rotatable bonds is 1. The van der Waals surface area contributed by atoms with Crippen molar-refractivity contribution < 1.29 is 0 Å². The van der Waals surface area contributed by atoms with Crippen LogP contribution in [0.15, 0.2) is 54.6 Å². The van der Waals surface area contributed by atoms with E-state index in [9.17, 15) is 0 Å². The summed E-state index contributed by atoms with van der Waals surface area (Å²) in [6, 6.07) is 10.9. The van der Waals surface area contributed by atoms with Crippen LogP contribution in [0.2, 0.25) is 0 Å². The lowest BCUT2D eigenvalue weighted by atomic mass is 9.81. The molecule has 0 unspecified atom stereocenters. The Hall–Kier alpha value is -1.30. The van der Waals surface area contributed by atoms with Crippen molar-refractivity contribution in [3.8, 4) is 0 Å². The first-order valence-corrected chi connectivity index (χ1v) is 5.85. The van der Waals surface area contributed by atoms with Crippen LogP contribution in [0.5, 0.6) is 0 Å². The zero-order chi connectivity index (χ0) is 10.1. The van der Waals surface area contributed by atoms with Crippen molar-refractivity contribution in [3.63, 3.8) is 0 Å². The van der Waals surface area contributed by atoms with Gasteiger partial charge in [0.25, 0.3) is 0 Å². The molecule has 1 aromatic carbocycles. The molecule has 0 saturated carbocycles. The van der Waals surface area contributed by atoms with E-state index in [2.05, 4.69) is 54.6 Å². The maximum absolute atomic E-state index is 2.42. The number of benzene rings is 1. The predicted molar refractivity (Wildman–Crippen MR) is 63.7 cm³/mol. The minimum Gasteiger partial charge on any atom is -0.0839 e. The van der Waals surface area contributed by atoms with E-state index in [4.69, 9.17) is 0 Å². The van der Waals surface area contributed by atoms with Gasteiger partial charge >= 0.3 is 0 Å². The molecule has 0 aliphatic heterocycles. The fraction of sp³-hybridized carbons (Fsp3) is 0.333. The van der Waals surface area contributed by atoms with Crippen molar-refractivity contribution in [2.45, 2.75) is 18.8 Å². The molecule has 76 valence electrons. The summed E-state index contributed by atoms with van der Waals surface area (Å²) in [5, 5.41) is 0. The van der Waals surface area contributed by atoms with E-state index in [1.807, 2.05) is 0 Å². The SMILES string of the molecule is C1=C[C@H]2CC[C@@H]1C=C[C@H]2c1ccccc1. The highest BCUT2D eigenvalue weighted by molar-refractivity contribution is 5.30. The van der Waals surface area contributed by atoms with Crippen LogP contribution in [-0.4, -0.2) is 0 Å². The lowest BCUT2D eigenvalue weighted by Crippen LogP contribution is -2.10. The largest absolute Gasteiger partial charge is 0.0839 e. The maximum Gasteiger partial charge on any atom is 0.00810 e. The smallest absolute Gasteiger partial charge is 0.00810 e. The predicted octanol–water partition coefficient (Wildman–Crippen LogP) is 3.92. The van der Waals surface area contributed by atoms with Crippen LogP contribution >= 0.6 is 0 Å². The van der Waals surface area contributed by atoms with Gasteiger partial charge in [-0.1, -0.05) is 54.6 Å². The standard InChI is InChI=1S/C15H16/c1-2-4-13(5-3-1)15-11-8-12-6-9-14(15)10-7-12/h1-6,8-9,11-12,14-15H,7,10H2/t12-,14+,15+/m1/s1. The molecular formula is C15H16. The van der Waals surface area contributed by atoms with Crippen LogP contribution in [0.25, 0.3) is 0 Å². The normalized spacial score (nSPS) is 32.9. The molecule has 3 aliphatic rings. The molecule has 0 aromatic heterocycles. The maximum atomic E-state index is 2.42. The molecule has 0 N–H and O–H groups in total. The van der Waals surface area contributed by atoms with E-state index in [0.29, 0.717) is 11.8 Å². The third-order valence-electron chi connectivity index (χ3n) is 3.65. The van der Waals surface area contributed by atoms with Gasteiger partial charge in [-0.25, -0.2) is 0 Å². The first kappa shape index (κ1) is 8.96. The fourth-order valence-corrected chi connectivity index (χ4v) is 2.76. The number of allylic oxidation sites excluding steroid dienone is 4. The van der Waals surface area contributed by atoms with Crippen molar-refractivity contribution >= 4 is 0 Å². The average molecular weight is 196 g/mol. The summed E-state index contributed by atoms with van der Waals surface area (Å²) in [7, 11) is 0. The molecule has 0 nitrogen and oxygen atoms in total. The van der Waals surface area contributed by atoms with E-state index >= 15 is 0 Å². The molecule has 2 bridgehead atoms. The highest BCUT2D eigenvalue weighted by Crippen LogP contribution is 2.38. The summed E-state index contributed by atoms with van der Waals surface area (Å²) in [5.41, 5.74) is 1.46. The van der Waals surface area contributed by atoms with Crippen LogP contribution in [0, 0.1) is 11.8 Å². The van der Waals surface area contributed by atoms with Gasteiger partial charge < -0.3 is 0 Å². The van der Waals surface area contributed by atoms with Gasteiger partial charge in [0.15, 0.2) is 0 Å². The molecule has 1 aromatic rings. The molecular weight excluding hydrogens is 180 g/mol. The topological polar surface area (TPSA) is 0 Å². The van der Waals surface area contributed by atoms with E-state index in [1.165, 1.54) is 18.4 Å².